The molecule has 0 aromatic heterocycles. The van der Waals surface area contributed by atoms with Crippen LogP contribution < -0.4 is 5.32 Å². The second-order valence-corrected chi connectivity index (χ2v) is 3.46. The molecule has 6 heteroatoms. The van der Waals surface area contributed by atoms with Crippen LogP contribution in [0.15, 0.2) is 0 Å². The number of carbonyl (C=O) groups is 2. The largest absolute Gasteiger partial charge is 0.480 e. The molecular weight excluding hydrogens is 192 g/mol. The van der Waals surface area contributed by atoms with E-state index in [1.54, 1.807) is 11.8 Å². The van der Waals surface area contributed by atoms with Crippen molar-refractivity contribution in [1.82, 2.24) is 10.2 Å². The van der Waals surface area contributed by atoms with Crippen molar-refractivity contribution in [2.24, 2.45) is 0 Å². The highest BCUT2D eigenvalue weighted by molar-refractivity contribution is 7.98. The van der Waals surface area contributed by atoms with Gasteiger partial charge in [-0.2, -0.15) is 11.8 Å². The Morgan fingerprint density at radius 1 is 1.54 bits per heavy atom. The first-order valence-electron chi connectivity index (χ1n) is 3.77. The minimum atomic E-state index is -1.01. The summed E-state index contributed by atoms with van der Waals surface area (Å²) in [5.41, 5.74) is 0. The summed E-state index contributed by atoms with van der Waals surface area (Å²) < 4.78 is 0. The second kappa shape index (κ2) is 6.59. The standard InChI is InChI=1S/C7H14N2O3S/c1-9(5-6(10)11)7(12)8-3-4-13-2/h3-5H2,1-2H3,(H,8,12)(H,10,11). The molecule has 0 atom stereocenters. The lowest BCUT2D eigenvalue weighted by Gasteiger charge is -2.14. The molecule has 0 aliphatic heterocycles. The molecule has 0 aromatic rings. The van der Waals surface area contributed by atoms with E-state index in [0.717, 1.165) is 10.7 Å². The Labute approximate surface area is 81.5 Å². The van der Waals surface area contributed by atoms with Crippen molar-refractivity contribution in [3.63, 3.8) is 0 Å². The fourth-order valence-corrected chi connectivity index (χ4v) is 0.976. The minimum Gasteiger partial charge on any atom is -0.480 e. The molecule has 0 spiro atoms. The van der Waals surface area contributed by atoms with Crippen molar-refractivity contribution < 1.29 is 14.7 Å². The van der Waals surface area contributed by atoms with Crippen LogP contribution >= 0.6 is 11.8 Å². The average molecular weight is 206 g/mol. The summed E-state index contributed by atoms with van der Waals surface area (Å²) in [6.45, 7) is 0.287. The summed E-state index contributed by atoms with van der Waals surface area (Å²) in [7, 11) is 1.45. The number of aliphatic carboxylic acids is 1. The third-order valence-corrected chi connectivity index (χ3v) is 1.91. The number of nitrogens with zero attached hydrogens (tertiary/aromatic N) is 1. The Morgan fingerprint density at radius 2 is 2.15 bits per heavy atom. The number of likely N-dealkylation sites (N-methyl/N-ethyl adjacent to an activating group) is 1. The fourth-order valence-electron chi connectivity index (χ4n) is 0.670. The lowest BCUT2D eigenvalue weighted by molar-refractivity contribution is -0.137. The molecule has 0 heterocycles. The van der Waals surface area contributed by atoms with Crippen LogP contribution in [0, 0.1) is 0 Å². The number of hydrogen-bond acceptors (Lipinski definition) is 3. The molecule has 0 unspecified atom stereocenters. The highest BCUT2D eigenvalue weighted by Gasteiger charge is 2.10. The lowest BCUT2D eigenvalue weighted by Crippen LogP contribution is -2.40. The maximum absolute atomic E-state index is 11.1. The average Bonchev–Trinajstić information content (AvgIpc) is 2.03. The van der Waals surface area contributed by atoms with E-state index in [2.05, 4.69) is 5.32 Å². The number of carboxylic acid groups (broad SMARTS) is 1. The first kappa shape index (κ1) is 12.1. The summed E-state index contributed by atoms with van der Waals surface area (Å²) in [5, 5.41) is 11.0. The first-order valence-corrected chi connectivity index (χ1v) is 5.17. The summed E-state index contributed by atoms with van der Waals surface area (Å²) >= 11 is 1.62. The van der Waals surface area contributed by atoms with Gasteiger partial charge in [0.1, 0.15) is 6.54 Å². The Bertz CT molecular complexity index is 187. The normalized spacial score (nSPS) is 9.38. The van der Waals surface area contributed by atoms with E-state index in [0.29, 0.717) is 6.54 Å². The molecule has 0 aliphatic carbocycles. The number of rotatable bonds is 5. The van der Waals surface area contributed by atoms with Gasteiger partial charge < -0.3 is 15.3 Å². The smallest absolute Gasteiger partial charge is 0.323 e. The van der Waals surface area contributed by atoms with E-state index in [1.165, 1.54) is 7.05 Å². The van der Waals surface area contributed by atoms with E-state index >= 15 is 0 Å². The number of carbonyl (C=O) groups excluding carboxylic acids is 1. The fraction of sp³-hybridized carbons (Fsp3) is 0.714. The second-order valence-electron chi connectivity index (χ2n) is 2.47. The van der Waals surface area contributed by atoms with Gasteiger partial charge in [-0.05, 0) is 6.26 Å². The maximum Gasteiger partial charge on any atom is 0.323 e. The number of thioether (sulfide) groups is 1. The molecule has 0 saturated heterocycles. The monoisotopic (exact) mass is 206 g/mol. The molecule has 0 rings (SSSR count). The predicted molar refractivity (Wildman–Crippen MR) is 52.0 cm³/mol. The van der Waals surface area contributed by atoms with Crippen molar-refractivity contribution >= 4 is 23.8 Å². The molecular formula is C7H14N2O3S. The van der Waals surface area contributed by atoms with E-state index in [9.17, 15) is 9.59 Å². The molecule has 2 amide bonds. The molecule has 0 fully saturated rings. The van der Waals surface area contributed by atoms with Crippen molar-refractivity contribution in [3.05, 3.63) is 0 Å². The van der Waals surface area contributed by atoms with Gasteiger partial charge in [0, 0.05) is 19.3 Å². The molecule has 76 valence electrons. The third-order valence-electron chi connectivity index (χ3n) is 1.30. The van der Waals surface area contributed by atoms with Crippen molar-refractivity contribution in [2.45, 2.75) is 0 Å². The Balaban J connectivity index is 3.63. The Hall–Kier alpha value is -0.910. The summed E-state index contributed by atoms with van der Waals surface area (Å²) in [4.78, 5) is 22.4. The molecule has 0 radical (unpaired) electrons. The van der Waals surface area contributed by atoms with Gasteiger partial charge in [-0.25, -0.2) is 4.79 Å². The van der Waals surface area contributed by atoms with Crippen molar-refractivity contribution in [1.29, 1.82) is 0 Å². The van der Waals surface area contributed by atoms with Gasteiger partial charge in [0.25, 0.3) is 0 Å². The maximum atomic E-state index is 11.1. The van der Waals surface area contributed by atoms with Gasteiger partial charge in [0.2, 0.25) is 0 Å². The molecule has 13 heavy (non-hydrogen) atoms. The number of carboxylic acids is 1. The number of nitrogens with one attached hydrogen (secondary N) is 1. The van der Waals surface area contributed by atoms with E-state index in [1.807, 2.05) is 6.26 Å². The van der Waals surface area contributed by atoms with Gasteiger partial charge in [0.05, 0.1) is 0 Å². The van der Waals surface area contributed by atoms with Gasteiger partial charge in [-0.1, -0.05) is 0 Å². The van der Waals surface area contributed by atoms with Gasteiger partial charge >= 0.3 is 12.0 Å². The first-order chi connectivity index (χ1) is 6.07. The molecule has 0 bridgehead atoms. The third kappa shape index (κ3) is 6.27. The highest BCUT2D eigenvalue weighted by Crippen LogP contribution is 1.89. The van der Waals surface area contributed by atoms with Gasteiger partial charge in [0.15, 0.2) is 0 Å². The van der Waals surface area contributed by atoms with Crippen LogP contribution in [0.25, 0.3) is 0 Å². The number of amides is 2. The summed E-state index contributed by atoms with van der Waals surface area (Å²) in [6.07, 6.45) is 1.94. The minimum absolute atomic E-state index is 0.273. The van der Waals surface area contributed by atoms with Crippen LogP contribution in [0.4, 0.5) is 4.79 Å². The molecule has 0 saturated carbocycles. The molecule has 0 aliphatic rings. The Morgan fingerprint density at radius 3 is 2.62 bits per heavy atom. The molecule has 0 aromatic carbocycles. The quantitative estimate of drug-likeness (QED) is 0.625. The zero-order valence-corrected chi connectivity index (χ0v) is 8.56. The van der Waals surface area contributed by atoms with E-state index < -0.39 is 5.97 Å². The van der Waals surface area contributed by atoms with Crippen molar-refractivity contribution in [2.75, 3.05) is 32.1 Å². The number of urea groups is 1. The topological polar surface area (TPSA) is 69.6 Å². The van der Waals surface area contributed by atoms with Crippen molar-refractivity contribution in [3.8, 4) is 0 Å². The summed E-state index contributed by atoms with van der Waals surface area (Å²) in [6, 6.07) is -0.351. The van der Waals surface area contributed by atoms with Gasteiger partial charge in [-0.3, -0.25) is 4.79 Å². The summed E-state index contributed by atoms with van der Waals surface area (Å²) in [5.74, 6) is -0.186. The predicted octanol–water partition coefficient (Wildman–Crippen LogP) is 0.0754. The zero-order valence-electron chi connectivity index (χ0n) is 7.74. The van der Waals surface area contributed by atoms with Crippen LogP contribution in [0.1, 0.15) is 0 Å². The lowest BCUT2D eigenvalue weighted by atomic mass is 10.6. The van der Waals surface area contributed by atoms with E-state index in [-0.39, 0.29) is 12.6 Å². The van der Waals surface area contributed by atoms with Crippen LogP contribution in [0.2, 0.25) is 0 Å². The van der Waals surface area contributed by atoms with Gasteiger partial charge in [-0.15, -0.1) is 0 Å². The highest BCUT2D eigenvalue weighted by atomic mass is 32.2. The zero-order chi connectivity index (χ0) is 10.3. The Kier molecular flexibility index (Phi) is 6.13. The number of hydrogen-bond donors (Lipinski definition) is 2. The molecule has 5 nitrogen and oxygen atoms in total. The van der Waals surface area contributed by atoms with Crippen LogP contribution in [0.5, 0.6) is 0 Å². The molecule has 2 N–H and O–H groups in total. The SMILES string of the molecule is CSCCNC(=O)N(C)CC(=O)O. The van der Waals surface area contributed by atoms with Crippen LogP contribution in [0.3, 0.4) is 0 Å². The van der Waals surface area contributed by atoms with Crippen LogP contribution in [-0.2, 0) is 4.79 Å². The van der Waals surface area contributed by atoms with Crippen LogP contribution in [-0.4, -0.2) is 54.2 Å². The van der Waals surface area contributed by atoms with E-state index in [4.69, 9.17) is 5.11 Å².